The van der Waals surface area contributed by atoms with Gasteiger partial charge in [-0.15, -0.1) is 10.2 Å². The van der Waals surface area contributed by atoms with Crippen LogP contribution >= 0.6 is 0 Å². The van der Waals surface area contributed by atoms with Gasteiger partial charge in [-0.1, -0.05) is 25.0 Å². The topological polar surface area (TPSA) is 178 Å². The molecule has 2 saturated carbocycles. The summed E-state index contributed by atoms with van der Waals surface area (Å²) in [5.41, 5.74) is -1.46. The Kier molecular flexibility index (Phi) is 9.44. The van der Waals surface area contributed by atoms with Gasteiger partial charge in [-0.3, -0.25) is 9.59 Å². The molecule has 48 heavy (non-hydrogen) atoms. The van der Waals surface area contributed by atoms with Crippen LogP contribution in [0.2, 0.25) is 0 Å². The molecule has 0 bridgehead atoms. The highest BCUT2D eigenvalue weighted by Gasteiger charge is 2.61. The molecule has 258 valence electrons. The third kappa shape index (κ3) is 7.79. The number of ether oxygens (including phenoxy) is 2. The number of fused-ring (bicyclic) bond motifs is 2. The van der Waals surface area contributed by atoms with Crippen molar-refractivity contribution in [1.82, 2.24) is 35.7 Å². The van der Waals surface area contributed by atoms with E-state index in [2.05, 4.69) is 26.0 Å². The van der Waals surface area contributed by atoms with E-state index < -0.39 is 53.1 Å². The van der Waals surface area contributed by atoms with Gasteiger partial charge in [-0.05, 0) is 94.7 Å². The lowest BCUT2D eigenvalue weighted by Crippen LogP contribution is -2.56. The third-order valence-corrected chi connectivity index (χ3v) is 9.38. The fraction of sp³-hybridized carbons (Fsp3) is 0.618. The molecule has 0 radical (unpaired) electrons. The predicted octanol–water partition coefficient (Wildman–Crippen LogP) is 3.64. The number of carbonyl (C=O) groups is 4. The van der Waals surface area contributed by atoms with Gasteiger partial charge in [0, 0.05) is 24.4 Å². The Hall–Kier alpha value is -4.49. The summed E-state index contributed by atoms with van der Waals surface area (Å²) in [6, 6.07) is 4.96. The number of hydrogen-bond acceptors (Lipinski definition) is 9. The highest BCUT2D eigenvalue weighted by atomic mass is 16.6. The van der Waals surface area contributed by atoms with E-state index in [1.165, 1.54) is 22.5 Å². The lowest BCUT2D eigenvalue weighted by molar-refractivity contribution is -0.145. The molecule has 0 spiro atoms. The summed E-state index contributed by atoms with van der Waals surface area (Å²) in [5, 5.41) is 28.7. The number of alkyl carbamates (subject to hydrolysis) is 1. The Balaban J connectivity index is 1.24. The van der Waals surface area contributed by atoms with Crippen LogP contribution in [0.4, 0.5) is 4.79 Å². The number of carboxylic acids is 1. The first-order valence-electron chi connectivity index (χ1n) is 17.0. The van der Waals surface area contributed by atoms with Crippen molar-refractivity contribution < 1.29 is 33.8 Å². The number of benzene rings is 1. The van der Waals surface area contributed by atoms with Crippen molar-refractivity contribution in [2.24, 2.45) is 11.8 Å². The van der Waals surface area contributed by atoms with E-state index >= 15 is 0 Å². The van der Waals surface area contributed by atoms with E-state index in [0.717, 1.165) is 30.6 Å². The fourth-order valence-electron chi connectivity index (χ4n) is 6.39. The van der Waals surface area contributed by atoms with Crippen LogP contribution in [0, 0.1) is 11.8 Å². The van der Waals surface area contributed by atoms with Crippen molar-refractivity contribution in [3.8, 4) is 17.1 Å². The number of nitrogens with zero attached hydrogens (tertiary/aromatic N) is 5. The minimum atomic E-state index is -1.43. The number of tetrazole rings is 1. The summed E-state index contributed by atoms with van der Waals surface area (Å²) in [6.07, 6.45) is 9.34. The number of carboxylic acid groups (broad SMARTS) is 1. The second-order valence-corrected chi connectivity index (χ2v) is 14.4. The smallest absolute Gasteiger partial charge is 0.408 e. The number of rotatable bonds is 7. The molecule has 1 aromatic heterocycles. The standard InChI is InChI=1S/C34H45N7O7/c1-33(2,3)48-32(46)35-26-10-8-6-4-5-7-9-23-18-34(23,31(44)45)36-29(42)27-17-24(19-40(27)30(26)43)41-38-28(37-39-41)22-13-15-25(16-14-22)47-20-21-11-12-21/h7,9,13-16,21,23-24,26-27H,4-6,8,10-12,17-20H2,1-3H3,(H,35,46)(H,36,42)(H,44,45)/b9-7-/t23-,24-,26+,27+,34-/m1/s1. The minimum Gasteiger partial charge on any atom is -0.493 e. The normalized spacial score (nSPS) is 28.6. The quantitative estimate of drug-likeness (QED) is 0.371. The SMILES string of the molecule is CC(C)(C)OC(=O)N[C@H]1CCCCC/C=C\[C@@H]2C[C@@]2(C(=O)O)NC(=O)[C@@H]2C[C@@H](n3nnc(-c4ccc(OCC5CC5)cc4)n3)CN2C1=O. The Labute approximate surface area is 279 Å². The number of aliphatic carboxylic acids is 1. The van der Waals surface area contributed by atoms with E-state index in [1.807, 2.05) is 36.4 Å². The average Bonchev–Trinajstić information content (AvgIpc) is 3.87. The van der Waals surface area contributed by atoms with Crippen LogP contribution in [-0.4, -0.2) is 90.5 Å². The zero-order valence-electron chi connectivity index (χ0n) is 27.8. The predicted molar refractivity (Wildman–Crippen MR) is 173 cm³/mol. The van der Waals surface area contributed by atoms with Crippen molar-refractivity contribution in [2.45, 2.75) is 108 Å². The van der Waals surface area contributed by atoms with Gasteiger partial charge in [0.15, 0.2) is 0 Å². The molecule has 3 fully saturated rings. The van der Waals surface area contributed by atoms with Crippen molar-refractivity contribution >= 4 is 23.9 Å². The maximum atomic E-state index is 14.2. The highest BCUT2D eigenvalue weighted by molar-refractivity contribution is 5.96. The third-order valence-electron chi connectivity index (χ3n) is 9.38. The zero-order chi connectivity index (χ0) is 34.1. The van der Waals surface area contributed by atoms with Crippen molar-refractivity contribution in [3.05, 3.63) is 36.4 Å². The molecule has 2 aromatic rings. The van der Waals surface area contributed by atoms with E-state index in [0.29, 0.717) is 31.2 Å². The molecule has 14 heteroatoms. The number of nitrogens with one attached hydrogen (secondary N) is 2. The first kappa shape index (κ1) is 33.4. The molecule has 0 unspecified atom stereocenters. The molecule has 6 rings (SSSR count). The molecule has 4 aliphatic rings. The number of carbonyl (C=O) groups excluding carboxylic acids is 3. The van der Waals surface area contributed by atoms with Gasteiger partial charge >= 0.3 is 12.1 Å². The number of hydrogen-bond donors (Lipinski definition) is 3. The van der Waals surface area contributed by atoms with Gasteiger partial charge < -0.3 is 30.1 Å². The zero-order valence-corrected chi connectivity index (χ0v) is 27.8. The van der Waals surface area contributed by atoms with E-state index in [-0.39, 0.29) is 25.3 Å². The maximum absolute atomic E-state index is 14.2. The minimum absolute atomic E-state index is 0.0660. The van der Waals surface area contributed by atoms with Gasteiger partial charge in [0.05, 0.1) is 12.6 Å². The van der Waals surface area contributed by atoms with Gasteiger partial charge in [0.25, 0.3) is 0 Å². The summed E-state index contributed by atoms with van der Waals surface area (Å²) in [6.45, 7) is 5.99. The molecule has 3 amide bonds. The number of allylic oxidation sites excluding steroid dienone is 1. The monoisotopic (exact) mass is 663 g/mol. The van der Waals surface area contributed by atoms with Crippen LogP contribution in [0.3, 0.4) is 0 Å². The van der Waals surface area contributed by atoms with E-state index in [4.69, 9.17) is 9.47 Å². The van der Waals surface area contributed by atoms with Crippen LogP contribution in [0.5, 0.6) is 5.75 Å². The second kappa shape index (κ2) is 13.6. The van der Waals surface area contributed by atoms with Crippen LogP contribution in [0.1, 0.15) is 84.6 Å². The molecular formula is C34H45N7O7. The number of aromatic nitrogens is 4. The van der Waals surface area contributed by atoms with Crippen molar-refractivity contribution in [1.29, 1.82) is 0 Å². The molecule has 1 aromatic carbocycles. The Morgan fingerprint density at radius 2 is 1.88 bits per heavy atom. The number of amides is 3. The van der Waals surface area contributed by atoms with Crippen LogP contribution in [0.25, 0.3) is 11.4 Å². The van der Waals surface area contributed by atoms with Crippen molar-refractivity contribution in [3.63, 3.8) is 0 Å². The Bertz CT molecular complexity index is 1550. The van der Waals surface area contributed by atoms with Crippen LogP contribution in [0.15, 0.2) is 36.4 Å². The Morgan fingerprint density at radius 3 is 2.58 bits per heavy atom. The summed E-state index contributed by atoms with van der Waals surface area (Å²) in [7, 11) is 0. The van der Waals surface area contributed by atoms with E-state index in [9.17, 15) is 24.3 Å². The first-order chi connectivity index (χ1) is 22.9. The van der Waals surface area contributed by atoms with Crippen LogP contribution in [-0.2, 0) is 19.1 Å². The maximum Gasteiger partial charge on any atom is 0.408 e. The van der Waals surface area contributed by atoms with Gasteiger partial charge in [-0.2, -0.15) is 4.80 Å². The second-order valence-electron chi connectivity index (χ2n) is 14.4. The molecule has 2 aliphatic heterocycles. The van der Waals surface area contributed by atoms with E-state index in [1.54, 1.807) is 20.8 Å². The van der Waals surface area contributed by atoms with Gasteiger partial charge in [-0.25, -0.2) is 9.59 Å². The van der Waals surface area contributed by atoms with Gasteiger partial charge in [0.2, 0.25) is 17.6 Å². The summed E-state index contributed by atoms with van der Waals surface area (Å²) >= 11 is 0. The molecule has 3 heterocycles. The van der Waals surface area contributed by atoms with Gasteiger partial charge in [0.1, 0.15) is 29.0 Å². The molecular weight excluding hydrogens is 618 g/mol. The molecule has 3 N–H and O–H groups in total. The molecule has 5 atom stereocenters. The largest absolute Gasteiger partial charge is 0.493 e. The summed E-state index contributed by atoms with van der Waals surface area (Å²) < 4.78 is 11.3. The Morgan fingerprint density at radius 1 is 1.10 bits per heavy atom. The molecule has 1 saturated heterocycles. The highest BCUT2D eigenvalue weighted by Crippen LogP contribution is 2.45. The molecule has 2 aliphatic carbocycles. The molecule has 14 nitrogen and oxygen atoms in total. The summed E-state index contributed by atoms with van der Waals surface area (Å²) in [4.78, 5) is 56.2. The van der Waals surface area contributed by atoms with Crippen molar-refractivity contribution in [2.75, 3.05) is 13.2 Å². The lowest BCUT2D eigenvalue weighted by Gasteiger charge is -2.30. The fourth-order valence-corrected chi connectivity index (χ4v) is 6.39. The average molecular weight is 664 g/mol. The first-order valence-corrected chi connectivity index (χ1v) is 17.0. The van der Waals surface area contributed by atoms with Crippen LogP contribution < -0.4 is 15.4 Å². The lowest BCUT2D eigenvalue weighted by atomic mass is 10.0. The summed E-state index contributed by atoms with van der Waals surface area (Å²) in [5.74, 6) is -0.681.